The van der Waals surface area contributed by atoms with Gasteiger partial charge in [0.15, 0.2) is 6.29 Å². The van der Waals surface area contributed by atoms with Crippen molar-refractivity contribution in [1.29, 1.82) is 0 Å². The van der Waals surface area contributed by atoms with Crippen LogP contribution in [0.4, 0.5) is 0 Å². The predicted molar refractivity (Wildman–Crippen MR) is 80.2 cm³/mol. The fourth-order valence-corrected chi connectivity index (χ4v) is 1.72. The molecule has 0 saturated heterocycles. The molecule has 3 heteroatoms. The minimum Gasteiger partial charge on any atom is -0.396 e. The highest BCUT2D eigenvalue weighted by atomic mass is 16.7. The normalized spacial score (nSPS) is 11.8. The van der Waals surface area contributed by atoms with Gasteiger partial charge in [-0.2, -0.15) is 0 Å². The number of rotatable bonds is 14. The van der Waals surface area contributed by atoms with Gasteiger partial charge in [0.25, 0.3) is 0 Å². The molecule has 0 bridgehead atoms. The Morgan fingerprint density at radius 3 is 1.95 bits per heavy atom. The average molecular weight is 272 g/mol. The van der Waals surface area contributed by atoms with Gasteiger partial charge >= 0.3 is 0 Å². The van der Waals surface area contributed by atoms with Crippen molar-refractivity contribution in [1.82, 2.24) is 0 Å². The molecule has 1 N–H and O–H groups in total. The number of ether oxygens (including phenoxy) is 2. The quantitative estimate of drug-likeness (QED) is 0.294. The molecule has 0 aliphatic carbocycles. The molecule has 0 atom stereocenters. The van der Waals surface area contributed by atoms with Crippen LogP contribution in [-0.4, -0.2) is 31.2 Å². The SMILES string of the molecule is CCCCCOC(C/C=C\CCO)OCCCCC. The maximum absolute atomic E-state index is 8.72. The molecule has 0 aromatic carbocycles. The van der Waals surface area contributed by atoms with E-state index in [0.29, 0.717) is 6.42 Å². The molecule has 0 aromatic rings. The van der Waals surface area contributed by atoms with Crippen molar-refractivity contribution < 1.29 is 14.6 Å². The molecule has 0 radical (unpaired) electrons. The van der Waals surface area contributed by atoms with E-state index in [4.69, 9.17) is 14.6 Å². The topological polar surface area (TPSA) is 38.7 Å². The average Bonchev–Trinajstić information content (AvgIpc) is 2.43. The van der Waals surface area contributed by atoms with Crippen molar-refractivity contribution in [3.05, 3.63) is 12.2 Å². The van der Waals surface area contributed by atoms with Gasteiger partial charge in [-0.1, -0.05) is 51.7 Å². The Morgan fingerprint density at radius 2 is 1.47 bits per heavy atom. The lowest BCUT2D eigenvalue weighted by atomic mass is 10.2. The maximum Gasteiger partial charge on any atom is 0.160 e. The lowest BCUT2D eigenvalue weighted by molar-refractivity contribution is -0.141. The van der Waals surface area contributed by atoms with Crippen molar-refractivity contribution >= 4 is 0 Å². The zero-order chi connectivity index (χ0) is 14.2. The number of hydrogen-bond acceptors (Lipinski definition) is 3. The third kappa shape index (κ3) is 13.8. The van der Waals surface area contributed by atoms with Crippen molar-refractivity contribution in [3.8, 4) is 0 Å². The first-order chi connectivity index (χ1) is 9.35. The number of aliphatic hydroxyl groups is 1. The molecule has 19 heavy (non-hydrogen) atoms. The van der Waals surface area contributed by atoms with Crippen LogP contribution in [0.3, 0.4) is 0 Å². The summed E-state index contributed by atoms with van der Waals surface area (Å²) >= 11 is 0. The van der Waals surface area contributed by atoms with Gasteiger partial charge in [-0.3, -0.25) is 0 Å². The number of unbranched alkanes of at least 4 members (excludes halogenated alkanes) is 4. The van der Waals surface area contributed by atoms with Crippen LogP contribution in [0.5, 0.6) is 0 Å². The molecule has 0 rings (SSSR count). The van der Waals surface area contributed by atoms with Crippen molar-refractivity contribution in [2.24, 2.45) is 0 Å². The molecule has 0 aliphatic rings. The molecule has 0 amide bonds. The highest BCUT2D eigenvalue weighted by Crippen LogP contribution is 2.07. The van der Waals surface area contributed by atoms with E-state index in [2.05, 4.69) is 13.8 Å². The lowest BCUT2D eigenvalue weighted by Crippen LogP contribution is -2.18. The van der Waals surface area contributed by atoms with Gasteiger partial charge in [0.05, 0.1) is 0 Å². The molecular weight excluding hydrogens is 240 g/mol. The van der Waals surface area contributed by atoms with Gasteiger partial charge in [0.1, 0.15) is 0 Å². The van der Waals surface area contributed by atoms with E-state index in [1.807, 2.05) is 12.2 Å². The van der Waals surface area contributed by atoms with Crippen LogP contribution in [0.2, 0.25) is 0 Å². The molecule has 3 nitrogen and oxygen atoms in total. The first-order valence-electron chi connectivity index (χ1n) is 7.84. The second-order valence-electron chi connectivity index (χ2n) is 4.80. The predicted octanol–water partition coefficient (Wildman–Crippen LogP) is 4.05. The first-order valence-corrected chi connectivity index (χ1v) is 7.84. The second kappa shape index (κ2) is 15.7. The van der Waals surface area contributed by atoms with Gasteiger partial charge in [-0.25, -0.2) is 0 Å². The lowest BCUT2D eigenvalue weighted by Gasteiger charge is -2.17. The molecule has 0 spiro atoms. The van der Waals surface area contributed by atoms with Crippen LogP contribution in [0, 0.1) is 0 Å². The number of aliphatic hydroxyl groups excluding tert-OH is 1. The summed E-state index contributed by atoms with van der Waals surface area (Å²) in [5.74, 6) is 0. The van der Waals surface area contributed by atoms with E-state index < -0.39 is 0 Å². The molecule has 0 aliphatic heterocycles. The fourth-order valence-electron chi connectivity index (χ4n) is 1.72. The molecule has 0 saturated carbocycles. The van der Waals surface area contributed by atoms with Gasteiger partial charge in [0.2, 0.25) is 0 Å². The summed E-state index contributed by atoms with van der Waals surface area (Å²) in [5, 5.41) is 8.72. The zero-order valence-electron chi connectivity index (χ0n) is 12.8. The summed E-state index contributed by atoms with van der Waals surface area (Å²) in [5.41, 5.74) is 0. The Morgan fingerprint density at radius 1 is 0.895 bits per heavy atom. The Balaban J connectivity index is 3.78. The van der Waals surface area contributed by atoms with E-state index in [1.54, 1.807) is 0 Å². The minimum absolute atomic E-state index is 0.122. The highest BCUT2D eigenvalue weighted by Gasteiger charge is 2.06. The smallest absolute Gasteiger partial charge is 0.160 e. The van der Waals surface area contributed by atoms with E-state index in [0.717, 1.165) is 32.5 Å². The Hall–Kier alpha value is -0.380. The molecular formula is C16H32O3. The minimum atomic E-state index is -0.122. The van der Waals surface area contributed by atoms with Crippen molar-refractivity contribution in [3.63, 3.8) is 0 Å². The van der Waals surface area contributed by atoms with Gasteiger partial charge in [0, 0.05) is 26.2 Å². The third-order valence-corrected chi connectivity index (χ3v) is 2.89. The van der Waals surface area contributed by atoms with Gasteiger partial charge < -0.3 is 14.6 Å². The number of hydrogen-bond donors (Lipinski definition) is 1. The summed E-state index contributed by atoms with van der Waals surface area (Å²) in [6, 6.07) is 0. The fraction of sp³-hybridized carbons (Fsp3) is 0.875. The Kier molecular flexibility index (Phi) is 15.4. The first kappa shape index (κ1) is 18.6. The van der Waals surface area contributed by atoms with Crippen LogP contribution < -0.4 is 0 Å². The molecule has 0 unspecified atom stereocenters. The Bertz CT molecular complexity index is 180. The van der Waals surface area contributed by atoms with E-state index in [9.17, 15) is 0 Å². The van der Waals surface area contributed by atoms with Crippen LogP contribution in [-0.2, 0) is 9.47 Å². The summed E-state index contributed by atoms with van der Waals surface area (Å²) < 4.78 is 11.5. The highest BCUT2D eigenvalue weighted by molar-refractivity contribution is 4.82. The zero-order valence-corrected chi connectivity index (χ0v) is 12.8. The molecule has 0 fully saturated rings. The Labute approximate surface area is 119 Å². The standard InChI is InChI=1S/C16H32O3/c1-3-5-10-14-18-16(12-8-7-9-13-17)19-15-11-6-4-2/h7-8,16-17H,3-6,9-15H2,1-2H3/b8-7-. The second-order valence-corrected chi connectivity index (χ2v) is 4.80. The van der Waals surface area contributed by atoms with Gasteiger partial charge in [-0.15, -0.1) is 0 Å². The van der Waals surface area contributed by atoms with Crippen molar-refractivity contribution in [2.75, 3.05) is 19.8 Å². The van der Waals surface area contributed by atoms with E-state index in [1.165, 1.54) is 25.7 Å². The van der Waals surface area contributed by atoms with E-state index in [-0.39, 0.29) is 12.9 Å². The largest absolute Gasteiger partial charge is 0.396 e. The molecule has 0 heterocycles. The van der Waals surface area contributed by atoms with Crippen LogP contribution in [0.1, 0.15) is 65.2 Å². The summed E-state index contributed by atoms with van der Waals surface area (Å²) in [6.07, 6.45) is 12.4. The molecule has 114 valence electrons. The van der Waals surface area contributed by atoms with Gasteiger partial charge in [-0.05, 0) is 19.3 Å². The summed E-state index contributed by atoms with van der Waals surface area (Å²) in [4.78, 5) is 0. The van der Waals surface area contributed by atoms with Crippen LogP contribution >= 0.6 is 0 Å². The maximum atomic E-state index is 8.72. The summed E-state index contributed by atoms with van der Waals surface area (Å²) in [7, 11) is 0. The van der Waals surface area contributed by atoms with Crippen LogP contribution in [0.15, 0.2) is 12.2 Å². The monoisotopic (exact) mass is 272 g/mol. The van der Waals surface area contributed by atoms with Crippen LogP contribution in [0.25, 0.3) is 0 Å². The third-order valence-electron chi connectivity index (χ3n) is 2.89. The molecule has 0 aromatic heterocycles. The van der Waals surface area contributed by atoms with E-state index >= 15 is 0 Å². The summed E-state index contributed by atoms with van der Waals surface area (Å²) in [6.45, 7) is 6.14. The van der Waals surface area contributed by atoms with Crippen molar-refractivity contribution in [2.45, 2.75) is 71.5 Å².